The molecular weight excluding hydrogens is 380 g/mol. The summed E-state index contributed by atoms with van der Waals surface area (Å²) >= 11 is 0. The van der Waals surface area contributed by atoms with Gasteiger partial charge in [-0.2, -0.15) is 0 Å². The van der Waals surface area contributed by atoms with Crippen molar-refractivity contribution in [3.63, 3.8) is 0 Å². The van der Waals surface area contributed by atoms with Crippen LogP contribution in [0.15, 0.2) is 60.8 Å². The lowest BCUT2D eigenvalue weighted by atomic mass is 10.0. The van der Waals surface area contributed by atoms with Crippen LogP contribution < -0.4 is 19.9 Å². The zero-order valence-corrected chi connectivity index (χ0v) is 16.8. The number of fused-ring (bicyclic) bond motifs is 2. The third-order valence-corrected chi connectivity index (χ3v) is 5.07. The molecule has 0 unspecified atom stereocenters. The predicted octanol–water partition coefficient (Wildman–Crippen LogP) is 4.13. The molecule has 0 aliphatic heterocycles. The quantitative estimate of drug-likeness (QED) is 0.503. The zero-order valence-electron chi connectivity index (χ0n) is 16.8. The number of carbonyl (C=O) groups excluding carboxylic acids is 1. The van der Waals surface area contributed by atoms with Gasteiger partial charge in [0, 0.05) is 29.6 Å². The Kier molecular flexibility index (Phi) is 5.39. The van der Waals surface area contributed by atoms with E-state index in [-0.39, 0.29) is 0 Å². The average Bonchev–Trinajstić information content (AvgIpc) is 2.77. The highest BCUT2D eigenvalue weighted by Gasteiger charge is 2.11. The Morgan fingerprint density at radius 3 is 2.50 bits per heavy atom. The third kappa shape index (κ3) is 3.72. The van der Waals surface area contributed by atoms with Gasteiger partial charge in [-0.15, -0.1) is 0 Å². The van der Waals surface area contributed by atoms with Crippen LogP contribution in [0.25, 0.3) is 21.7 Å². The van der Waals surface area contributed by atoms with Gasteiger partial charge < -0.3 is 19.9 Å². The fourth-order valence-electron chi connectivity index (χ4n) is 3.56. The molecule has 0 aliphatic carbocycles. The van der Waals surface area contributed by atoms with Crippen molar-refractivity contribution in [3.05, 3.63) is 71.9 Å². The molecule has 0 spiro atoms. The maximum absolute atomic E-state index is 11.6. The van der Waals surface area contributed by atoms with E-state index in [1.165, 1.54) is 0 Å². The molecule has 0 bridgehead atoms. The topological polar surface area (TPSA) is 83.7 Å². The first-order valence-corrected chi connectivity index (χ1v) is 9.55. The second kappa shape index (κ2) is 8.29. The van der Waals surface area contributed by atoms with Crippen LogP contribution in [0.4, 0.5) is 0 Å². The van der Waals surface area contributed by atoms with Crippen LogP contribution in [0.3, 0.4) is 0 Å². The van der Waals surface area contributed by atoms with Crippen LogP contribution >= 0.6 is 0 Å². The summed E-state index contributed by atoms with van der Waals surface area (Å²) in [5, 5.41) is 2.70. The molecule has 2 N–H and O–H groups in total. The van der Waals surface area contributed by atoms with Gasteiger partial charge in [-0.1, -0.05) is 30.3 Å². The molecule has 6 nitrogen and oxygen atoms in total. The van der Waals surface area contributed by atoms with Crippen molar-refractivity contribution in [3.8, 4) is 17.2 Å². The number of rotatable bonds is 7. The van der Waals surface area contributed by atoms with Crippen LogP contribution in [0, 0.1) is 0 Å². The summed E-state index contributed by atoms with van der Waals surface area (Å²) in [6.07, 6.45) is 2.43. The van der Waals surface area contributed by atoms with E-state index in [1.807, 2.05) is 42.5 Å². The molecule has 152 valence electrons. The number of aromatic nitrogens is 1. The number of amides is 1. The molecule has 0 saturated heterocycles. The SMILES string of the molecule is COc1cc2nccc(OCCc3ccc4c(C(N)=O)cccc4c3)c2cc1OC. The fourth-order valence-corrected chi connectivity index (χ4v) is 3.56. The normalized spacial score (nSPS) is 10.9. The van der Waals surface area contributed by atoms with E-state index in [2.05, 4.69) is 11.1 Å². The minimum absolute atomic E-state index is 0.423. The molecule has 0 atom stereocenters. The lowest BCUT2D eigenvalue weighted by molar-refractivity contribution is 0.100. The number of hydrogen-bond donors (Lipinski definition) is 1. The van der Waals surface area contributed by atoms with Gasteiger partial charge in [0.1, 0.15) is 5.75 Å². The summed E-state index contributed by atoms with van der Waals surface area (Å²) in [6.45, 7) is 0.495. The smallest absolute Gasteiger partial charge is 0.249 e. The third-order valence-electron chi connectivity index (χ3n) is 5.07. The van der Waals surface area contributed by atoms with Crippen molar-refractivity contribution in [2.24, 2.45) is 5.73 Å². The zero-order chi connectivity index (χ0) is 21.1. The Morgan fingerprint density at radius 2 is 1.73 bits per heavy atom. The molecule has 1 aromatic heterocycles. The van der Waals surface area contributed by atoms with Crippen LogP contribution in [0.5, 0.6) is 17.2 Å². The monoisotopic (exact) mass is 402 g/mol. The minimum atomic E-state index is -0.423. The van der Waals surface area contributed by atoms with E-state index in [0.717, 1.165) is 33.0 Å². The molecule has 3 aromatic carbocycles. The van der Waals surface area contributed by atoms with Crippen LogP contribution in [-0.4, -0.2) is 31.7 Å². The van der Waals surface area contributed by atoms with Crippen molar-refractivity contribution >= 4 is 27.6 Å². The number of benzene rings is 3. The summed E-state index contributed by atoms with van der Waals surface area (Å²) in [5.74, 6) is 1.56. The van der Waals surface area contributed by atoms with Gasteiger partial charge in [0.15, 0.2) is 11.5 Å². The van der Waals surface area contributed by atoms with E-state index < -0.39 is 5.91 Å². The van der Waals surface area contributed by atoms with Gasteiger partial charge in [-0.3, -0.25) is 9.78 Å². The van der Waals surface area contributed by atoms with E-state index in [1.54, 1.807) is 26.5 Å². The number of methoxy groups -OCH3 is 2. The Bertz CT molecular complexity index is 1240. The molecule has 30 heavy (non-hydrogen) atoms. The molecule has 1 heterocycles. The number of nitrogens with zero attached hydrogens (tertiary/aromatic N) is 1. The number of nitrogens with two attached hydrogens (primary N) is 1. The van der Waals surface area contributed by atoms with Crippen LogP contribution in [0.1, 0.15) is 15.9 Å². The second-order valence-electron chi connectivity index (χ2n) is 6.86. The van der Waals surface area contributed by atoms with Crippen molar-refractivity contribution < 1.29 is 19.0 Å². The molecule has 1 amide bonds. The number of hydrogen-bond acceptors (Lipinski definition) is 5. The van der Waals surface area contributed by atoms with Crippen LogP contribution in [-0.2, 0) is 6.42 Å². The van der Waals surface area contributed by atoms with Crippen molar-refractivity contribution in [1.29, 1.82) is 0 Å². The van der Waals surface area contributed by atoms with E-state index in [4.69, 9.17) is 19.9 Å². The van der Waals surface area contributed by atoms with E-state index in [0.29, 0.717) is 30.1 Å². The van der Waals surface area contributed by atoms with Gasteiger partial charge in [0.25, 0.3) is 0 Å². The predicted molar refractivity (Wildman–Crippen MR) is 117 cm³/mol. The molecule has 4 aromatic rings. The maximum Gasteiger partial charge on any atom is 0.249 e. The van der Waals surface area contributed by atoms with Gasteiger partial charge in [0.2, 0.25) is 5.91 Å². The maximum atomic E-state index is 11.6. The first-order chi connectivity index (χ1) is 14.6. The number of primary amides is 1. The molecular formula is C24H22N2O4. The highest BCUT2D eigenvalue weighted by Crippen LogP contribution is 2.35. The standard InChI is InChI=1S/C24H22N2O4/c1-28-22-13-19-20(14-23(22)29-2)26-10-8-21(19)30-11-9-15-6-7-17-16(12-15)4-3-5-18(17)24(25)27/h3-8,10,12-14H,9,11H2,1-2H3,(H2,25,27). The molecule has 0 aliphatic rings. The molecule has 0 fully saturated rings. The first kappa shape index (κ1) is 19.5. The molecule has 0 radical (unpaired) electrons. The van der Waals surface area contributed by atoms with Crippen molar-refractivity contribution in [1.82, 2.24) is 4.98 Å². The minimum Gasteiger partial charge on any atom is -0.493 e. The second-order valence-corrected chi connectivity index (χ2v) is 6.86. The highest BCUT2D eigenvalue weighted by atomic mass is 16.5. The van der Waals surface area contributed by atoms with Gasteiger partial charge in [-0.25, -0.2) is 0 Å². The summed E-state index contributed by atoms with van der Waals surface area (Å²) < 4.78 is 16.8. The Hall–Kier alpha value is -3.80. The summed E-state index contributed by atoms with van der Waals surface area (Å²) in [7, 11) is 3.20. The Balaban J connectivity index is 1.54. The summed E-state index contributed by atoms with van der Waals surface area (Å²) in [6, 6.07) is 17.1. The lowest BCUT2D eigenvalue weighted by Crippen LogP contribution is -2.11. The number of pyridine rings is 1. The van der Waals surface area contributed by atoms with E-state index in [9.17, 15) is 4.79 Å². The Labute approximate surface area is 174 Å². The molecule has 6 heteroatoms. The summed E-state index contributed by atoms with van der Waals surface area (Å²) in [4.78, 5) is 16.0. The van der Waals surface area contributed by atoms with Crippen molar-refractivity contribution in [2.45, 2.75) is 6.42 Å². The first-order valence-electron chi connectivity index (χ1n) is 9.55. The Morgan fingerprint density at radius 1 is 0.933 bits per heavy atom. The van der Waals surface area contributed by atoms with Gasteiger partial charge >= 0.3 is 0 Å². The molecule has 0 saturated carbocycles. The number of carbonyl (C=O) groups is 1. The highest BCUT2D eigenvalue weighted by molar-refractivity contribution is 6.06. The number of ether oxygens (including phenoxy) is 3. The fraction of sp³-hybridized carbons (Fsp3) is 0.167. The van der Waals surface area contributed by atoms with Crippen LogP contribution in [0.2, 0.25) is 0 Å². The van der Waals surface area contributed by atoms with Crippen molar-refractivity contribution in [2.75, 3.05) is 20.8 Å². The summed E-state index contributed by atoms with van der Waals surface area (Å²) in [5.41, 5.74) is 7.88. The van der Waals surface area contributed by atoms with E-state index >= 15 is 0 Å². The van der Waals surface area contributed by atoms with Gasteiger partial charge in [0.05, 0.1) is 26.3 Å². The average molecular weight is 402 g/mol. The largest absolute Gasteiger partial charge is 0.493 e. The lowest BCUT2D eigenvalue weighted by Gasteiger charge is -2.13. The van der Waals surface area contributed by atoms with Gasteiger partial charge in [-0.05, 0) is 34.5 Å². The molecule has 4 rings (SSSR count).